The molecule has 0 aromatic rings. The third-order valence-electron chi connectivity index (χ3n) is 5.84. The normalized spacial score (nSPS) is 28.9. The topological polar surface area (TPSA) is 57.6 Å². The summed E-state index contributed by atoms with van der Waals surface area (Å²) in [6.07, 6.45) is 7.24. The first-order valence-electron chi connectivity index (χ1n) is 8.39. The van der Waals surface area contributed by atoms with E-state index < -0.39 is 11.4 Å². The number of carboxylic acids is 1. The summed E-state index contributed by atoms with van der Waals surface area (Å²) in [6, 6.07) is 0.366. The Morgan fingerprint density at radius 1 is 1.19 bits per heavy atom. The van der Waals surface area contributed by atoms with Gasteiger partial charge in [0.15, 0.2) is 0 Å². The maximum Gasteiger partial charge on any atom is 0.310 e. The van der Waals surface area contributed by atoms with Crippen molar-refractivity contribution in [1.29, 1.82) is 0 Å². The smallest absolute Gasteiger partial charge is 0.310 e. The van der Waals surface area contributed by atoms with Gasteiger partial charge in [-0.3, -0.25) is 9.59 Å². The number of carboxylic acid groups (broad SMARTS) is 1. The number of fused-ring (bicyclic) bond motifs is 1. The molecule has 4 heteroatoms. The molecule has 4 nitrogen and oxygen atoms in total. The standard InChI is InChI=1S/C17H29NO3/c1-12(2)17(3,16(20)21)11-15(19)18-10-6-8-13-7-4-5-9-14(13)18/h12-14H,4-11H2,1-3H3,(H,20,21)/t13-,14-,17?/m1/s1. The van der Waals surface area contributed by atoms with Crippen molar-refractivity contribution in [2.75, 3.05) is 6.54 Å². The summed E-state index contributed by atoms with van der Waals surface area (Å²) in [5, 5.41) is 9.51. The van der Waals surface area contributed by atoms with Gasteiger partial charge in [-0.15, -0.1) is 0 Å². The van der Waals surface area contributed by atoms with E-state index in [0.29, 0.717) is 12.0 Å². The Bertz CT molecular complexity index is 405. The fraction of sp³-hybridized carbons (Fsp3) is 0.882. The van der Waals surface area contributed by atoms with Gasteiger partial charge in [0.1, 0.15) is 0 Å². The number of carbonyl (C=O) groups is 2. The molecule has 2 fully saturated rings. The average molecular weight is 295 g/mol. The molecule has 1 aliphatic carbocycles. The largest absolute Gasteiger partial charge is 0.481 e. The van der Waals surface area contributed by atoms with Crippen molar-refractivity contribution in [1.82, 2.24) is 4.90 Å². The van der Waals surface area contributed by atoms with Crippen molar-refractivity contribution in [3.8, 4) is 0 Å². The molecule has 1 saturated carbocycles. The predicted molar refractivity (Wildman–Crippen MR) is 81.9 cm³/mol. The monoisotopic (exact) mass is 295 g/mol. The minimum atomic E-state index is -0.960. The lowest BCUT2D eigenvalue weighted by molar-refractivity contribution is -0.157. The summed E-state index contributed by atoms with van der Waals surface area (Å²) < 4.78 is 0. The highest BCUT2D eigenvalue weighted by atomic mass is 16.4. The molecule has 21 heavy (non-hydrogen) atoms. The minimum absolute atomic E-state index is 0.0465. The van der Waals surface area contributed by atoms with Gasteiger partial charge in [0.2, 0.25) is 5.91 Å². The van der Waals surface area contributed by atoms with Crippen LogP contribution in [0, 0.1) is 17.3 Å². The van der Waals surface area contributed by atoms with E-state index >= 15 is 0 Å². The highest BCUT2D eigenvalue weighted by molar-refractivity contribution is 5.85. The number of piperidine rings is 1. The Kier molecular flexibility index (Phi) is 4.95. The summed E-state index contributed by atoms with van der Waals surface area (Å²) in [7, 11) is 0. The van der Waals surface area contributed by atoms with Crippen molar-refractivity contribution in [3.63, 3.8) is 0 Å². The fourth-order valence-corrected chi connectivity index (χ4v) is 3.88. The van der Waals surface area contributed by atoms with Crippen LogP contribution in [0.25, 0.3) is 0 Å². The van der Waals surface area contributed by atoms with Gasteiger partial charge in [-0.1, -0.05) is 26.7 Å². The zero-order valence-corrected chi connectivity index (χ0v) is 13.6. The number of carbonyl (C=O) groups excluding carboxylic acids is 1. The van der Waals surface area contributed by atoms with Crippen LogP contribution in [0.3, 0.4) is 0 Å². The maximum absolute atomic E-state index is 12.7. The van der Waals surface area contributed by atoms with Gasteiger partial charge < -0.3 is 10.0 Å². The third kappa shape index (κ3) is 3.24. The molecule has 1 aliphatic heterocycles. The zero-order chi connectivity index (χ0) is 15.6. The van der Waals surface area contributed by atoms with E-state index in [1.165, 1.54) is 25.7 Å². The molecular weight excluding hydrogens is 266 g/mol. The molecule has 3 atom stereocenters. The molecule has 1 unspecified atom stereocenters. The Morgan fingerprint density at radius 3 is 2.43 bits per heavy atom. The third-order valence-corrected chi connectivity index (χ3v) is 5.84. The van der Waals surface area contributed by atoms with Crippen LogP contribution in [-0.4, -0.2) is 34.5 Å². The predicted octanol–water partition coefficient (Wildman–Crippen LogP) is 3.30. The van der Waals surface area contributed by atoms with E-state index in [4.69, 9.17) is 0 Å². The van der Waals surface area contributed by atoms with Crippen LogP contribution in [0.4, 0.5) is 0 Å². The van der Waals surface area contributed by atoms with Gasteiger partial charge >= 0.3 is 5.97 Å². The lowest BCUT2D eigenvalue weighted by Gasteiger charge is -2.45. The average Bonchev–Trinajstić information content (AvgIpc) is 2.46. The molecule has 1 heterocycles. The fourth-order valence-electron chi connectivity index (χ4n) is 3.88. The summed E-state index contributed by atoms with van der Waals surface area (Å²) in [4.78, 5) is 26.3. The molecule has 1 N–H and O–H groups in total. The van der Waals surface area contributed by atoms with Crippen molar-refractivity contribution in [2.24, 2.45) is 17.3 Å². The van der Waals surface area contributed by atoms with Gasteiger partial charge in [0.05, 0.1) is 5.41 Å². The lowest BCUT2D eigenvalue weighted by atomic mass is 9.74. The van der Waals surface area contributed by atoms with Crippen LogP contribution in [0.15, 0.2) is 0 Å². The molecule has 0 spiro atoms. The van der Waals surface area contributed by atoms with Crippen molar-refractivity contribution in [3.05, 3.63) is 0 Å². The number of rotatable bonds is 4. The molecule has 1 saturated heterocycles. The first kappa shape index (κ1) is 16.3. The number of amides is 1. The van der Waals surface area contributed by atoms with Gasteiger partial charge in [-0.2, -0.15) is 0 Å². The molecule has 1 amide bonds. The Morgan fingerprint density at radius 2 is 1.81 bits per heavy atom. The number of aliphatic carboxylic acids is 1. The molecular formula is C17H29NO3. The number of nitrogens with zero attached hydrogens (tertiary/aromatic N) is 1. The molecule has 0 aromatic heterocycles. The SMILES string of the molecule is CC(C)C(C)(CC(=O)N1CCC[C@H]2CCCC[C@H]21)C(=O)O. The number of hydrogen-bond donors (Lipinski definition) is 1. The number of hydrogen-bond acceptors (Lipinski definition) is 2. The quantitative estimate of drug-likeness (QED) is 0.865. The van der Waals surface area contributed by atoms with Gasteiger partial charge in [-0.05, 0) is 44.4 Å². The summed E-state index contributed by atoms with van der Waals surface area (Å²) in [5.41, 5.74) is -0.960. The second-order valence-electron chi connectivity index (χ2n) is 7.40. The molecule has 0 radical (unpaired) electrons. The highest BCUT2D eigenvalue weighted by Gasteiger charge is 2.42. The summed E-state index contributed by atoms with van der Waals surface area (Å²) in [5.74, 6) is -0.217. The molecule has 0 aromatic carbocycles. The van der Waals surface area contributed by atoms with Crippen LogP contribution in [0.2, 0.25) is 0 Å². The first-order chi connectivity index (χ1) is 9.86. The van der Waals surface area contributed by atoms with Gasteiger partial charge in [-0.25, -0.2) is 0 Å². The minimum Gasteiger partial charge on any atom is -0.481 e. The van der Waals surface area contributed by atoms with E-state index in [9.17, 15) is 14.7 Å². The molecule has 2 rings (SSSR count). The van der Waals surface area contributed by atoms with Crippen molar-refractivity contribution in [2.45, 2.75) is 71.8 Å². The summed E-state index contributed by atoms with van der Waals surface area (Å²) in [6.45, 7) is 6.30. The van der Waals surface area contributed by atoms with Crippen LogP contribution in [0.5, 0.6) is 0 Å². The molecule has 0 bridgehead atoms. The van der Waals surface area contributed by atoms with E-state index in [2.05, 4.69) is 0 Å². The van der Waals surface area contributed by atoms with Crippen molar-refractivity contribution < 1.29 is 14.7 Å². The summed E-state index contributed by atoms with van der Waals surface area (Å²) >= 11 is 0. The van der Waals surface area contributed by atoms with Gasteiger partial charge in [0.25, 0.3) is 0 Å². The first-order valence-corrected chi connectivity index (χ1v) is 8.39. The van der Waals surface area contributed by atoms with Crippen molar-refractivity contribution >= 4 is 11.9 Å². The van der Waals surface area contributed by atoms with E-state index in [-0.39, 0.29) is 18.2 Å². The van der Waals surface area contributed by atoms with Crippen LogP contribution in [-0.2, 0) is 9.59 Å². The highest BCUT2D eigenvalue weighted by Crippen LogP contribution is 2.38. The Hall–Kier alpha value is -1.06. The van der Waals surface area contributed by atoms with Gasteiger partial charge in [0, 0.05) is 19.0 Å². The second-order valence-corrected chi connectivity index (χ2v) is 7.40. The van der Waals surface area contributed by atoms with E-state index in [1.54, 1.807) is 6.92 Å². The maximum atomic E-state index is 12.7. The van der Waals surface area contributed by atoms with Crippen LogP contribution in [0.1, 0.15) is 65.7 Å². The Balaban J connectivity index is 2.09. The van der Waals surface area contributed by atoms with E-state index in [1.807, 2.05) is 18.7 Å². The lowest BCUT2D eigenvalue weighted by Crippen LogP contribution is -2.51. The van der Waals surface area contributed by atoms with E-state index in [0.717, 1.165) is 19.4 Å². The molecule has 120 valence electrons. The Labute approximate surface area is 127 Å². The number of likely N-dealkylation sites (tertiary alicyclic amines) is 1. The zero-order valence-electron chi connectivity index (χ0n) is 13.6. The second kappa shape index (κ2) is 6.37. The molecule has 2 aliphatic rings. The van der Waals surface area contributed by atoms with Crippen LogP contribution >= 0.6 is 0 Å². The van der Waals surface area contributed by atoms with Crippen LogP contribution < -0.4 is 0 Å².